The zero-order valence-electron chi connectivity index (χ0n) is 13.6. The van der Waals surface area contributed by atoms with Crippen molar-refractivity contribution in [1.29, 1.82) is 0 Å². The van der Waals surface area contributed by atoms with E-state index < -0.39 is 11.9 Å². The molecular weight excluding hydrogens is 293 g/mol. The van der Waals surface area contributed by atoms with Crippen LogP contribution in [0.1, 0.15) is 56.4 Å². The van der Waals surface area contributed by atoms with Gasteiger partial charge in [-0.1, -0.05) is 32.1 Å². The maximum atomic E-state index is 13.3. The Balaban J connectivity index is 2.22. The highest BCUT2D eigenvalue weighted by molar-refractivity contribution is 5.79. The van der Waals surface area contributed by atoms with E-state index in [0.29, 0.717) is 16.8 Å². The van der Waals surface area contributed by atoms with Crippen LogP contribution in [-0.4, -0.2) is 10.1 Å². The van der Waals surface area contributed by atoms with Crippen molar-refractivity contribution in [3.63, 3.8) is 0 Å². The van der Waals surface area contributed by atoms with Gasteiger partial charge in [0.25, 0.3) is 0 Å². The highest BCUT2D eigenvalue weighted by atomic mass is 19.1. The minimum atomic E-state index is -1.04. The summed E-state index contributed by atoms with van der Waals surface area (Å²) in [6, 6.07) is 3.99. The van der Waals surface area contributed by atoms with Gasteiger partial charge in [0.15, 0.2) is 11.5 Å². The first-order valence-corrected chi connectivity index (χ1v) is 8.03. The number of aromatic amines is 1. The molecule has 3 nitrogen and oxygen atoms in total. The van der Waals surface area contributed by atoms with Crippen molar-refractivity contribution < 1.29 is 9.50 Å². The van der Waals surface area contributed by atoms with E-state index in [4.69, 9.17) is 0 Å². The maximum Gasteiger partial charge on any atom is 0.192 e. The van der Waals surface area contributed by atoms with E-state index in [1.807, 2.05) is 0 Å². The highest BCUT2D eigenvalue weighted by Crippen LogP contribution is 2.17. The summed E-state index contributed by atoms with van der Waals surface area (Å²) >= 11 is 0. The predicted octanol–water partition coefficient (Wildman–Crippen LogP) is 3.98. The Kier molecular flexibility index (Phi) is 5.95. The summed E-state index contributed by atoms with van der Waals surface area (Å²) in [5.41, 5.74) is 0.976. The summed E-state index contributed by atoms with van der Waals surface area (Å²) in [6.07, 6.45) is 4.22. The van der Waals surface area contributed by atoms with Crippen molar-refractivity contribution in [2.75, 3.05) is 0 Å². The summed E-state index contributed by atoms with van der Waals surface area (Å²) in [5.74, 6) is 5.29. The van der Waals surface area contributed by atoms with Crippen molar-refractivity contribution in [2.45, 2.75) is 52.1 Å². The molecule has 0 spiro atoms. The Morgan fingerprint density at radius 3 is 2.83 bits per heavy atom. The van der Waals surface area contributed by atoms with Crippen LogP contribution in [0.5, 0.6) is 0 Å². The van der Waals surface area contributed by atoms with Gasteiger partial charge >= 0.3 is 0 Å². The van der Waals surface area contributed by atoms with Crippen molar-refractivity contribution in [3.8, 4) is 11.8 Å². The molecule has 0 amide bonds. The van der Waals surface area contributed by atoms with E-state index >= 15 is 0 Å². The van der Waals surface area contributed by atoms with Gasteiger partial charge in [0.05, 0.1) is 5.69 Å². The summed E-state index contributed by atoms with van der Waals surface area (Å²) in [4.78, 5) is 15.3. The van der Waals surface area contributed by atoms with E-state index in [0.717, 1.165) is 19.3 Å². The maximum absolute atomic E-state index is 13.3. The highest BCUT2D eigenvalue weighted by Gasteiger charge is 2.14. The molecule has 4 heteroatoms. The number of hydrogen-bond donors (Lipinski definition) is 2. The molecule has 1 unspecified atom stereocenters. The molecule has 2 N–H and O–H groups in total. The SMILES string of the molecule is CCCCCCC#CC(O)c1[nH]c2ccc(F)cc2c(=O)c1C. The first-order chi connectivity index (χ1) is 11.0. The van der Waals surface area contributed by atoms with Gasteiger partial charge in [-0.3, -0.25) is 4.79 Å². The molecule has 0 aliphatic carbocycles. The third-order valence-corrected chi connectivity index (χ3v) is 3.91. The summed E-state index contributed by atoms with van der Waals surface area (Å²) in [7, 11) is 0. The monoisotopic (exact) mass is 315 g/mol. The fraction of sp³-hybridized carbons (Fsp3) is 0.421. The number of aromatic nitrogens is 1. The Morgan fingerprint density at radius 2 is 2.09 bits per heavy atom. The average Bonchev–Trinajstić information content (AvgIpc) is 2.54. The predicted molar refractivity (Wildman–Crippen MR) is 90.8 cm³/mol. The number of fused-ring (bicyclic) bond motifs is 1. The molecule has 0 aliphatic heterocycles. The minimum absolute atomic E-state index is 0.281. The second kappa shape index (κ2) is 7.94. The Labute approximate surface area is 135 Å². The van der Waals surface area contributed by atoms with Gasteiger partial charge in [0.1, 0.15) is 5.82 Å². The molecule has 1 aromatic carbocycles. The number of aliphatic hydroxyl groups is 1. The number of rotatable bonds is 5. The fourth-order valence-electron chi connectivity index (χ4n) is 2.53. The van der Waals surface area contributed by atoms with Crippen LogP contribution in [0.3, 0.4) is 0 Å². The van der Waals surface area contributed by atoms with Gasteiger partial charge < -0.3 is 10.1 Å². The van der Waals surface area contributed by atoms with Crippen LogP contribution in [0.15, 0.2) is 23.0 Å². The normalized spacial score (nSPS) is 12.0. The first kappa shape index (κ1) is 17.2. The van der Waals surface area contributed by atoms with Crippen LogP contribution < -0.4 is 5.43 Å². The molecule has 23 heavy (non-hydrogen) atoms. The number of benzene rings is 1. The van der Waals surface area contributed by atoms with Gasteiger partial charge in [-0.15, -0.1) is 5.92 Å². The standard InChI is InChI=1S/C19H22FNO2/c1-3-4-5-6-7-8-9-17(22)18-13(2)19(23)15-12-14(20)10-11-16(15)21-18/h10-12,17,22H,3-7H2,1-2H3,(H,21,23). The Morgan fingerprint density at radius 1 is 1.30 bits per heavy atom. The van der Waals surface area contributed by atoms with E-state index in [-0.39, 0.29) is 10.8 Å². The number of aliphatic hydroxyl groups excluding tert-OH is 1. The smallest absolute Gasteiger partial charge is 0.192 e. The molecule has 1 atom stereocenters. The van der Waals surface area contributed by atoms with Gasteiger partial charge in [-0.05, 0) is 31.5 Å². The molecular formula is C19H22FNO2. The molecule has 0 saturated carbocycles. The number of H-pyrrole nitrogens is 1. The molecule has 1 heterocycles. The minimum Gasteiger partial charge on any atom is -0.375 e. The van der Waals surface area contributed by atoms with E-state index in [9.17, 15) is 14.3 Å². The summed E-state index contributed by atoms with van der Waals surface area (Å²) < 4.78 is 13.3. The van der Waals surface area contributed by atoms with Crippen molar-refractivity contribution in [1.82, 2.24) is 4.98 Å². The largest absolute Gasteiger partial charge is 0.375 e. The Hall–Kier alpha value is -2.12. The van der Waals surface area contributed by atoms with E-state index in [1.54, 1.807) is 6.92 Å². The molecule has 1 aromatic heterocycles. The van der Waals surface area contributed by atoms with Crippen LogP contribution >= 0.6 is 0 Å². The van der Waals surface area contributed by atoms with Gasteiger partial charge in [-0.25, -0.2) is 4.39 Å². The number of halogens is 1. The number of nitrogens with one attached hydrogen (secondary N) is 1. The quantitative estimate of drug-likeness (QED) is 0.647. The van der Waals surface area contributed by atoms with Gasteiger partial charge in [-0.2, -0.15) is 0 Å². The third kappa shape index (κ3) is 4.20. The zero-order valence-corrected chi connectivity index (χ0v) is 13.6. The van der Waals surface area contributed by atoms with Crippen LogP contribution in [0.25, 0.3) is 10.9 Å². The molecule has 0 fully saturated rings. The lowest BCUT2D eigenvalue weighted by Crippen LogP contribution is -2.14. The number of pyridine rings is 1. The number of unbranched alkanes of at least 4 members (excludes halogenated alkanes) is 4. The lowest BCUT2D eigenvalue weighted by molar-refractivity contribution is 0.232. The average molecular weight is 315 g/mol. The van der Waals surface area contributed by atoms with Crippen LogP contribution in [-0.2, 0) is 0 Å². The molecule has 0 bridgehead atoms. The first-order valence-electron chi connectivity index (χ1n) is 8.03. The molecule has 0 saturated heterocycles. The van der Waals surface area contributed by atoms with Crippen molar-refractivity contribution >= 4 is 10.9 Å². The van der Waals surface area contributed by atoms with Crippen LogP contribution in [0.2, 0.25) is 0 Å². The molecule has 122 valence electrons. The second-order valence-corrected chi connectivity index (χ2v) is 5.72. The van der Waals surface area contributed by atoms with Gasteiger partial charge in [0, 0.05) is 22.9 Å². The fourth-order valence-corrected chi connectivity index (χ4v) is 2.53. The van der Waals surface area contributed by atoms with Crippen molar-refractivity contribution in [3.05, 3.63) is 45.5 Å². The second-order valence-electron chi connectivity index (χ2n) is 5.72. The van der Waals surface area contributed by atoms with Gasteiger partial charge in [0.2, 0.25) is 0 Å². The summed E-state index contributed by atoms with van der Waals surface area (Å²) in [6.45, 7) is 3.77. The van der Waals surface area contributed by atoms with E-state index in [1.165, 1.54) is 31.0 Å². The van der Waals surface area contributed by atoms with Crippen LogP contribution in [0.4, 0.5) is 4.39 Å². The van der Waals surface area contributed by atoms with Crippen molar-refractivity contribution in [2.24, 2.45) is 0 Å². The molecule has 2 rings (SSSR count). The number of hydrogen-bond acceptors (Lipinski definition) is 2. The molecule has 0 aliphatic rings. The topological polar surface area (TPSA) is 53.1 Å². The lowest BCUT2D eigenvalue weighted by atomic mass is 10.1. The molecule has 0 radical (unpaired) electrons. The third-order valence-electron chi connectivity index (χ3n) is 3.91. The molecule has 2 aromatic rings. The van der Waals surface area contributed by atoms with Crippen LogP contribution in [0, 0.1) is 24.6 Å². The summed E-state index contributed by atoms with van der Waals surface area (Å²) in [5, 5.41) is 10.5. The zero-order chi connectivity index (χ0) is 16.8. The van der Waals surface area contributed by atoms with E-state index in [2.05, 4.69) is 23.7 Å². The lowest BCUT2D eigenvalue weighted by Gasteiger charge is -2.10. The Bertz CT molecular complexity index is 799.